The van der Waals surface area contributed by atoms with Gasteiger partial charge in [0.25, 0.3) is 0 Å². The molecule has 32 heavy (non-hydrogen) atoms. The van der Waals surface area contributed by atoms with Crippen molar-refractivity contribution < 1.29 is 0 Å². The van der Waals surface area contributed by atoms with Crippen LogP contribution in [0.5, 0.6) is 0 Å². The fourth-order valence-electron chi connectivity index (χ4n) is 3.99. The summed E-state index contributed by atoms with van der Waals surface area (Å²) in [5.74, 6) is 0. The Morgan fingerprint density at radius 3 is 1.38 bits per heavy atom. The third kappa shape index (κ3) is 2.59. The van der Waals surface area contributed by atoms with Gasteiger partial charge < -0.3 is 0 Å². The van der Waals surface area contributed by atoms with E-state index in [4.69, 9.17) is 9.97 Å². The number of thiophene rings is 4. The van der Waals surface area contributed by atoms with Crippen LogP contribution in [0.25, 0.3) is 68.4 Å². The first-order valence-electron chi connectivity index (χ1n) is 9.90. The maximum Gasteiger partial charge on any atom is 0.134 e. The van der Waals surface area contributed by atoms with Gasteiger partial charge in [-0.15, -0.1) is 68.0 Å². The van der Waals surface area contributed by atoms with Gasteiger partial charge in [0.2, 0.25) is 0 Å². The lowest BCUT2D eigenvalue weighted by molar-refractivity contribution is 1.50. The predicted molar refractivity (Wildman–Crippen MR) is 148 cm³/mol. The van der Waals surface area contributed by atoms with Crippen LogP contribution in [0.4, 0.5) is 0 Å². The lowest BCUT2D eigenvalue weighted by atomic mass is 10.3. The third-order valence-electron chi connectivity index (χ3n) is 5.45. The van der Waals surface area contributed by atoms with Gasteiger partial charge in [-0.05, 0) is 36.4 Å². The van der Waals surface area contributed by atoms with Crippen LogP contribution in [-0.2, 0) is 0 Å². The number of nitrogens with zero attached hydrogens (tertiary/aromatic N) is 2. The van der Waals surface area contributed by atoms with E-state index in [0.29, 0.717) is 0 Å². The van der Waals surface area contributed by atoms with Gasteiger partial charge in [-0.25, -0.2) is 9.97 Å². The highest BCUT2D eigenvalue weighted by Crippen LogP contribution is 2.52. The van der Waals surface area contributed by atoms with Gasteiger partial charge in [0, 0.05) is 9.40 Å². The van der Waals surface area contributed by atoms with E-state index in [-0.39, 0.29) is 0 Å². The van der Waals surface area contributed by atoms with Crippen LogP contribution in [0.2, 0.25) is 0 Å². The second-order valence-corrected chi connectivity index (χ2v) is 13.7. The molecule has 2 aromatic carbocycles. The van der Waals surface area contributed by atoms with Crippen molar-refractivity contribution in [2.45, 2.75) is 0 Å². The van der Waals surface area contributed by atoms with Crippen LogP contribution in [0, 0.1) is 0 Å². The molecule has 0 aliphatic heterocycles. The quantitative estimate of drug-likeness (QED) is 0.227. The van der Waals surface area contributed by atoms with Crippen LogP contribution >= 0.6 is 68.0 Å². The molecule has 6 heterocycles. The van der Waals surface area contributed by atoms with Crippen LogP contribution in [0.3, 0.4) is 0 Å². The summed E-state index contributed by atoms with van der Waals surface area (Å²) in [7, 11) is 0. The largest absolute Gasteiger partial charge is 0.235 e. The van der Waals surface area contributed by atoms with Gasteiger partial charge in [-0.3, -0.25) is 0 Å². The van der Waals surface area contributed by atoms with Crippen molar-refractivity contribution in [2.24, 2.45) is 0 Å². The fraction of sp³-hybridized carbons (Fsp3) is 0. The average molecular weight is 519 g/mol. The third-order valence-corrected chi connectivity index (χ3v) is 13.1. The van der Waals surface area contributed by atoms with Crippen LogP contribution < -0.4 is 0 Å². The molecule has 0 amide bonds. The summed E-state index contributed by atoms with van der Waals surface area (Å²) in [5.41, 5.74) is 2.18. The predicted octanol–water partition coefficient (Wildman–Crippen LogP) is 9.95. The van der Waals surface area contributed by atoms with Crippen molar-refractivity contribution in [3.05, 3.63) is 60.7 Å². The molecule has 2 nitrogen and oxygen atoms in total. The van der Waals surface area contributed by atoms with Crippen molar-refractivity contribution in [2.75, 3.05) is 0 Å². The lowest BCUT2D eigenvalue weighted by Crippen LogP contribution is -1.68. The summed E-state index contributed by atoms with van der Waals surface area (Å²) in [5, 5.41) is 2.26. The zero-order valence-corrected chi connectivity index (χ0v) is 21.0. The molecule has 0 saturated carbocycles. The highest BCUT2D eigenvalue weighted by atomic mass is 32.1. The van der Waals surface area contributed by atoms with Crippen molar-refractivity contribution in [1.82, 2.24) is 9.97 Å². The van der Waals surface area contributed by atoms with Crippen LogP contribution in [-0.4, -0.2) is 9.97 Å². The maximum atomic E-state index is 4.87. The minimum Gasteiger partial charge on any atom is -0.235 e. The molecule has 0 saturated heterocycles. The Labute approximate surface area is 205 Å². The zero-order valence-electron chi connectivity index (χ0n) is 16.1. The summed E-state index contributed by atoms with van der Waals surface area (Å²) in [6, 6.07) is 21.5. The first kappa shape index (κ1) is 18.3. The molecule has 152 valence electrons. The summed E-state index contributed by atoms with van der Waals surface area (Å²) < 4.78 is 10.9. The lowest BCUT2D eigenvalue weighted by Gasteiger charge is -1.87. The first-order valence-corrected chi connectivity index (χ1v) is 14.8. The minimum absolute atomic E-state index is 1.09. The molecule has 0 spiro atoms. The molecule has 8 heteroatoms. The van der Waals surface area contributed by atoms with Gasteiger partial charge >= 0.3 is 0 Å². The van der Waals surface area contributed by atoms with Crippen molar-refractivity contribution >= 4 is 117 Å². The molecular formula is C24H10N2S6. The van der Waals surface area contributed by atoms with Gasteiger partial charge in [0.1, 0.15) is 10.0 Å². The molecule has 0 atom stereocenters. The Bertz CT molecular complexity index is 1750. The molecule has 0 aliphatic rings. The standard InChI is InChI=1S/C24H10N2S6/c1-3-7-13-11(5-1)25-23(31-13)17-9-15-19(29-17)21-22(27-15)20-16(28-21)10-18(30-20)24-26-12-6-2-4-8-14(12)32-24/h1-10H. The molecule has 6 aromatic heterocycles. The SMILES string of the molecule is c1ccc2sc(-c3cc4sc5c6sc(-c7nc8ccccc8s7)cc6sc5c4s3)nc2c1. The maximum absolute atomic E-state index is 4.87. The van der Waals surface area contributed by atoms with Crippen molar-refractivity contribution in [3.8, 4) is 19.8 Å². The molecule has 8 rings (SSSR count). The second-order valence-electron chi connectivity index (χ2n) is 7.44. The molecule has 0 radical (unpaired) electrons. The zero-order chi connectivity index (χ0) is 20.8. The van der Waals surface area contributed by atoms with E-state index in [0.717, 1.165) is 21.0 Å². The highest BCUT2D eigenvalue weighted by molar-refractivity contribution is 7.45. The topological polar surface area (TPSA) is 25.8 Å². The van der Waals surface area contributed by atoms with E-state index in [1.165, 1.54) is 47.4 Å². The Morgan fingerprint density at radius 2 is 0.906 bits per heavy atom. The number of aromatic nitrogens is 2. The van der Waals surface area contributed by atoms with Crippen LogP contribution in [0.15, 0.2) is 60.7 Å². The summed E-state index contributed by atoms with van der Waals surface area (Å²) >= 11 is 11.2. The minimum atomic E-state index is 1.09. The summed E-state index contributed by atoms with van der Waals surface area (Å²) in [4.78, 5) is 12.3. The van der Waals surface area contributed by atoms with E-state index in [1.54, 1.807) is 22.7 Å². The number of hydrogen-bond donors (Lipinski definition) is 0. The summed E-state index contributed by atoms with van der Waals surface area (Å²) in [6.45, 7) is 0. The number of para-hydroxylation sites is 2. The fourth-order valence-corrected chi connectivity index (χ4v) is 11.7. The van der Waals surface area contributed by atoms with E-state index >= 15 is 0 Å². The number of benzene rings is 2. The first-order chi connectivity index (χ1) is 15.8. The molecule has 0 unspecified atom stereocenters. The Morgan fingerprint density at radius 1 is 0.438 bits per heavy atom. The second kappa shape index (κ2) is 6.66. The molecule has 0 fully saturated rings. The van der Waals surface area contributed by atoms with Crippen molar-refractivity contribution in [1.29, 1.82) is 0 Å². The Balaban J connectivity index is 1.26. The van der Waals surface area contributed by atoms with Gasteiger partial charge in [0.15, 0.2) is 0 Å². The van der Waals surface area contributed by atoms with E-state index in [9.17, 15) is 0 Å². The average Bonchev–Trinajstić information content (AvgIpc) is 3.60. The van der Waals surface area contributed by atoms with Crippen LogP contribution in [0.1, 0.15) is 0 Å². The number of thiazole rings is 2. The molecule has 0 bridgehead atoms. The molecule has 0 N–H and O–H groups in total. The molecular weight excluding hydrogens is 509 g/mol. The molecule has 8 aromatic rings. The van der Waals surface area contributed by atoms with E-state index in [1.807, 2.05) is 45.3 Å². The highest BCUT2D eigenvalue weighted by Gasteiger charge is 2.20. The smallest absolute Gasteiger partial charge is 0.134 e. The van der Waals surface area contributed by atoms with Gasteiger partial charge in [0.05, 0.1) is 49.0 Å². The molecule has 0 aliphatic carbocycles. The number of hydrogen-bond acceptors (Lipinski definition) is 8. The monoisotopic (exact) mass is 518 g/mol. The number of rotatable bonds is 2. The Hall–Kier alpha value is -2.20. The summed E-state index contributed by atoms with van der Waals surface area (Å²) in [6.07, 6.45) is 0. The normalized spacial score (nSPS) is 12.4. The number of fused-ring (bicyclic) bond motifs is 7. The van der Waals surface area contributed by atoms with Crippen molar-refractivity contribution in [3.63, 3.8) is 0 Å². The van der Waals surface area contributed by atoms with E-state index < -0.39 is 0 Å². The Kier molecular flexibility index (Phi) is 3.80. The van der Waals surface area contributed by atoms with E-state index in [2.05, 4.69) is 60.7 Å². The van der Waals surface area contributed by atoms with Gasteiger partial charge in [-0.1, -0.05) is 24.3 Å². The van der Waals surface area contributed by atoms with Gasteiger partial charge in [-0.2, -0.15) is 0 Å².